The highest BCUT2D eigenvalue weighted by Crippen LogP contribution is 2.24. The summed E-state index contributed by atoms with van der Waals surface area (Å²) < 4.78 is 1.93. The number of halogens is 1. The van der Waals surface area contributed by atoms with E-state index in [1.165, 1.54) is 11.8 Å². The highest BCUT2D eigenvalue weighted by Gasteiger charge is 2.09. The highest BCUT2D eigenvalue weighted by molar-refractivity contribution is 7.99. The van der Waals surface area contributed by atoms with Crippen LogP contribution in [0, 0.1) is 0 Å². The van der Waals surface area contributed by atoms with E-state index in [4.69, 9.17) is 11.6 Å². The summed E-state index contributed by atoms with van der Waals surface area (Å²) in [6.07, 6.45) is 3.13. The van der Waals surface area contributed by atoms with Gasteiger partial charge in [0.25, 0.3) is 0 Å². The molecular weight excluding hydrogens is 256 g/mol. The Labute approximate surface area is 109 Å². The maximum atomic E-state index is 10.0. The third-order valence-corrected chi connectivity index (χ3v) is 3.79. The van der Waals surface area contributed by atoms with Gasteiger partial charge in [0.1, 0.15) is 0 Å². The molecule has 3 nitrogen and oxygen atoms in total. The monoisotopic (exact) mass is 268 g/mol. The minimum atomic E-state index is -0.506. The van der Waals surface area contributed by atoms with Crippen molar-refractivity contribution >= 4 is 23.4 Å². The van der Waals surface area contributed by atoms with E-state index >= 15 is 0 Å². The molecule has 0 aliphatic rings. The SMILES string of the molecule is Cn1ccnc1SCC(O)c1ccc(Cl)cc1. The largest absolute Gasteiger partial charge is 0.388 e. The van der Waals surface area contributed by atoms with Crippen molar-refractivity contribution in [2.24, 2.45) is 7.05 Å². The van der Waals surface area contributed by atoms with Gasteiger partial charge in [-0.1, -0.05) is 35.5 Å². The smallest absolute Gasteiger partial charge is 0.167 e. The number of aliphatic hydroxyl groups is 1. The summed E-state index contributed by atoms with van der Waals surface area (Å²) in [5.74, 6) is 0.576. The molecule has 0 aliphatic heterocycles. The lowest BCUT2D eigenvalue weighted by molar-refractivity contribution is 0.204. The molecule has 0 amide bonds. The van der Waals surface area contributed by atoms with Crippen molar-refractivity contribution in [1.29, 1.82) is 0 Å². The fourth-order valence-electron chi connectivity index (χ4n) is 1.43. The van der Waals surface area contributed by atoms with Crippen LogP contribution in [0.4, 0.5) is 0 Å². The lowest BCUT2D eigenvalue weighted by Crippen LogP contribution is -2.01. The van der Waals surface area contributed by atoms with E-state index in [9.17, 15) is 5.11 Å². The number of aliphatic hydroxyl groups excluding tert-OH is 1. The molecule has 17 heavy (non-hydrogen) atoms. The summed E-state index contributed by atoms with van der Waals surface area (Å²) in [4.78, 5) is 4.19. The minimum Gasteiger partial charge on any atom is -0.388 e. The Hall–Kier alpha value is -0.970. The summed E-state index contributed by atoms with van der Waals surface area (Å²) in [6, 6.07) is 7.25. The van der Waals surface area contributed by atoms with E-state index in [1.807, 2.05) is 29.9 Å². The molecule has 0 fully saturated rings. The van der Waals surface area contributed by atoms with Gasteiger partial charge in [-0.3, -0.25) is 0 Å². The van der Waals surface area contributed by atoms with Crippen LogP contribution in [0.15, 0.2) is 41.8 Å². The molecular formula is C12H13ClN2OS. The molecule has 0 saturated carbocycles. The number of benzene rings is 1. The zero-order valence-electron chi connectivity index (χ0n) is 9.38. The minimum absolute atomic E-state index is 0.506. The summed E-state index contributed by atoms with van der Waals surface area (Å²) >= 11 is 7.32. The summed E-state index contributed by atoms with van der Waals surface area (Å²) in [5, 5.41) is 11.6. The van der Waals surface area contributed by atoms with Crippen molar-refractivity contribution in [2.75, 3.05) is 5.75 Å². The van der Waals surface area contributed by atoms with Crippen molar-refractivity contribution in [1.82, 2.24) is 9.55 Å². The van der Waals surface area contributed by atoms with Gasteiger partial charge in [0.15, 0.2) is 5.16 Å². The van der Waals surface area contributed by atoms with Gasteiger partial charge in [0.05, 0.1) is 6.10 Å². The van der Waals surface area contributed by atoms with Gasteiger partial charge in [0.2, 0.25) is 0 Å². The number of aryl methyl sites for hydroxylation is 1. The molecule has 1 atom stereocenters. The molecule has 1 heterocycles. The number of hydrogen-bond donors (Lipinski definition) is 1. The first kappa shape index (κ1) is 12.5. The van der Waals surface area contributed by atoms with Crippen LogP contribution in [0.5, 0.6) is 0 Å². The van der Waals surface area contributed by atoms with Crippen molar-refractivity contribution in [3.63, 3.8) is 0 Å². The summed E-state index contributed by atoms with van der Waals surface area (Å²) in [6.45, 7) is 0. The molecule has 1 aromatic carbocycles. The fourth-order valence-corrected chi connectivity index (χ4v) is 2.45. The molecule has 0 saturated heterocycles. The average Bonchev–Trinajstić information content (AvgIpc) is 2.73. The van der Waals surface area contributed by atoms with Crippen LogP contribution in [-0.2, 0) is 7.05 Å². The normalized spacial score (nSPS) is 12.6. The first-order valence-corrected chi connectivity index (χ1v) is 6.57. The summed E-state index contributed by atoms with van der Waals surface area (Å²) in [7, 11) is 1.93. The van der Waals surface area contributed by atoms with Gasteiger partial charge in [-0.05, 0) is 17.7 Å². The average molecular weight is 269 g/mol. The van der Waals surface area contributed by atoms with Gasteiger partial charge in [-0.25, -0.2) is 4.98 Å². The van der Waals surface area contributed by atoms with Crippen molar-refractivity contribution in [3.8, 4) is 0 Å². The second kappa shape index (κ2) is 5.58. The summed E-state index contributed by atoms with van der Waals surface area (Å²) in [5.41, 5.74) is 0.871. The Kier molecular flexibility index (Phi) is 4.10. The Balaban J connectivity index is 1.95. The number of rotatable bonds is 4. The third kappa shape index (κ3) is 3.25. The lowest BCUT2D eigenvalue weighted by Gasteiger charge is -2.10. The number of aromatic nitrogens is 2. The highest BCUT2D eigenvalue weighted by atomic mass is 35.5. The Morgan fingerprint density at radius 1 is 1.41 bits per heavy atom. The molecule has 1 unspecified atom stereocenters. The predicted octanol–water partition coefficient (Wildman–Crippen LogP) is 2.90. The van der Waals surface area contributed by atoms with E-state index in [-0.39, 0.29) is 0 Å². The maximum absolute atomic E-state index is 10.0. The molecule has 5 heteroatoms. The Morgan fingerprint density at radius 3 is 2.71 bits per heavy atom. The number of thioether (sulfide) groups is 1. The Bertz CT molecular complexity index is 484. The molecule has 1 aromatic heterocycles. The van der Waals surface area contributed by atoms with Gasteiger partial charge in [-0.15, -0.1) is 0 Å². The molecule has 1 N–H and O–H groups in total. The molecule has 0 spiro atoms. The second-order valence-corrected chi connectivity index (χ2v) is 5.12. The maximum Gasteiger partial charge on any atom is 0.167 e. The van der Waals surface area contributed by atoms with Crippen LogP contribution in [0.1, 0.15) is 11.7 Å². The van der Waals surface area contributed by atoms with Gasteiger partial charge in [-0.2, -0.15) is 0 Å². The Morgan fingerprint density at radius 2 is 2.12 bits per heavy atom. The van der Waals surface area contributed by atoms with E-state index in [0.717, 1.165) is 10.7 Å². The molecule has 2 rings (SSSR count). The third-order valence-electron chi connectivity index (χ3n) is 2.40. The van der Waals surface area contributed by atoms with Crippen molar-refractivity contribution < 1.29 is 5.11 Å². The van der Waals surface area contributed by atoms with Crippen LogP contribution in [-0.4, -0.2) is 20.4 Å². The zero-order chi connectivity index (χ0) is 12.3. The first-order chi connectivity index (χ1) is 8.16. The van der Waals surface area contributed by atoms with Crippen LogP contribution in [0.2, 0.25) is 5.02 Å². The van der Waals surface area contributed by atoms with Gasteiger partial charge < -0.3 is 9.67 Å². The van der Waals surface area contributed by atoms with E-state index < -0.39 is 6.10 Å². The molecule has 2 aromatic rings. The van der Waals surface area contributed by atoms with Gasteiger partial charge >= 0.3 is 0 Å². The molecule has 0 bridgehead atoms. The van der Waals surface area contributed by atoms with Crippen LogP contribution in [0.25, 0.3) is 0 Å². The number of hydrogen-bond acceptors (Lipinski definition) is 3. The molecule has 0 aliphatic carbocycles. The van der Waals surface area contributed by atoms with Crippen LogP contribution < -0.4 is 0 Å². The number of nitrogens with zero attached hydrogens (tertiary/aromatic N) is 2. The quantitative estimate of drug-likeness (QED) is 0.867. The predicted molar refractivity (Wildman–Crippen MR) is 70.3 cm³/mol. The van der Waals surface area contributed by atoms with Crippen LogP contribution >= 0.6 is 23.4 Å². The first-order valence-electron chi connectivity index (χ1n) is 5.20. The fraction of sp³-hybridized carbons (Fsp3) is 0.250. The topological polar surface area (TPSA) is 38.0 Å². The lowest BCUT2D eigenvalue weighted by atomic mass is 10.1. The van der Waals surface area contributed by atoms with E-state index in [2.05, 4.69) is 4.98 Å². The van der Waals surface area contributed by atoms with Crippen molar-refractivity contribution in [3.05, 3.63) is 47.2 Å². The van der Waals surface area contributed by atoms with Gasteiger partial charge in [0, 0.05) is 30.2 Å². The number of imidazole rings is 1. The molecule has 0 radical (unpaired) electrons. The molecule has 90 valence electrons. The van der Waals surface area contributed by atoms with E-state index in [0.29, 0.717) is 10.8 Å². The second-order valence-electron chi connectivity index (χ2n) is 3.70. The zero-order valence-corrected chi connectivity index (χ0v) is 10.9. The van der Waals surface area contributed by atoms with Crippen molar-refractivity contribution in [2.45, 2.75) is 11.3 Å². The van der Waals surface area contributed by atoms with Crippen LogP contribution in [0.3, 0.4) is 0 Å². The standard InChI is InChI=1S/C12H13ClN2OS/c1-15-7-6-14-12(15)17-8-11(16)9-2-4-10(13)5-3-9/h2-7,11,16H,8H2,1H3. The van der Waals surface area contributed by atoms with E-state index in [1.54, 1.807) is 18.3 Å².